The molecular weight excluding hydrogens is 266 g/mol. The summed E-state index contributed by atoms with van der Waals surface area (Å²) in [5.41, 5.74) is 0. The summed E-state index contributed by atoms with van der Waals surface area (Å²) in [6.45, 7) is 1.52. The maximum Gasteiger partial charge on any atom is 0.383 e. The lowest BCUT2D eigenvalue weighted by molar-refractivity contribution is -0.170. The summed E-state index contributed by atoms with van der Waals surface area (Å²) in [4.78, 5) is 21.8. The second kappa shape index (κ2) is 6.78. The lowest BCUT2D eigenvalue weighted by atomic mass is 10.1. The zero-order chi connectivity index (χ0) is 13.6. The van der Waals surface area contributed by atoms with Crippen molar-refractivity contribution in [1.82, 2.24) is 5.32 Å². The quantitative estimate of drug-likeness (QED) is 0.571. The summed E-state index contributed by atoms with van der Waals surface area (Å²) in [5.74, 6) is -7.62. The number of hydrogen-bond donors (Lipinski definition) is 1. The van der Waals surface area contributed by atoms with Gasteiger partial charge in [-0.1, -0.05) is 6.92 Å². The fourth-order valence-electron chi connectivity index (χ4n) is 1.01. The number of carbonyl (C=O) groups is 2. The van der Waals surface area contributed by atoms with Crippen LogP contribution in [0.15, 0.2) is 0 Å². The predicted molar refractivity (Wildman–Crippen MR) is 53.5 cm³/mol. The summed E-state index contributed by atoms with van der Waals surface area (Å²) >= 11 is 5.20. The highest BCUT2D eigenvalue weighted by atomic mass is 35.5. The van der Waals surface area contributed by atoms with Crippen molar-refractivity contribution in [3.05, 3.63) is 0 Å². The molecule has 0 aromatic carbocycles. The van der Waals surface area contributed by atoms with E-state index in [2.05, 4.69) is 0 Å². The maximum atomic E-state index is 12.6. The highest BCUT2D eigenvalue weighted by Gasteiger charge is 2.49. The number of alkyl halides is 5. The molecule has 0 aromatic heterocycles. The molecular formula is C9H12ClF4NO2. The molecule has 0 bridgehead atoms. The topological polar surface area (TPSA) is 46.2 Å². The van der Waals surface area contributed by atoms with E-state index >= 15 is 0 Å². The number of Topliss-reactive ketones (excluding diaryl/α,β-unsaturated/α-hetero) is 1. The Morgan fingerprint density at radius 2 is 1.88 bits per heavy atom. The van der Waals surface area contributed by atoms with E-state index in [0.29, 0.717) is 0 Å². The van der Waals surface area contributed by atoms with Crippen molar-refractivity contribution in [2.24, 2.45) is 0 Å². The van der Waals surface area contributed by atoms with E-state index in [1.54, 1.807) is 5.32 Å². The molecule has 3 nitrogen and oxygen atoms in total. The number of ketones is 1. The molecule has 0 aliphatic heterocycles. The van der Waals surface area contributed by atoms with Gasteiger partial charge in [-0.3, -0.25) is 9.59 Å². The molecule has 0 saturated carbocycles. The van der Waals surface area contributed by atoms with Gasteiger partial charge < -0.3 is 5.32 Å². The average Bonchev–Trinajstić information content (AvgIpc) is 2.27. The SMILES string of the molecule is CCC(CC(=O)CCl)NC(=O)C(F)(F)C(F)F. The fraction of sp³-hybridized carbons (Fsp3) is 0.778. The van der Waals surface area contributed by atoms with Crippen molar-refractivity contribution in [3.8, 4) is 0 Å². The molecule has 0 aromatic rings. The number of rotatable bonds is 7. The van der Waals surface area contributed by atoms with E-state index < -0.39 is 30.1 Å². The largest absolute Gasteiger partial charge is 0.383 e. The Balaban J connectivity index is 4.48. The molecule has 17 heavy (non-hydrogen) atoms. The van der Waals surface area contributed by atoms with Crippen molar-refractivity contribution < 1.29 is 27.2 Å². The first kappa shape index (κ1) is 16.1. The first-order valence-corrected chi connectivity index (χ1v) is 5.33. The zero-order valence-corrected chi connectivity index (χ0v) is 9.74. The average molecular weight is 278 g/mol. The second-order valence-corrected chi connectivity index (χ2v) is 3.65. The first-order chi connectivity index (χ1) is 7.75. The van der Waals surface area contributed by atoms with Crippen LogP contribution in [-0.2, 0) is 9.59 Å². The van der Waals surface area contributed by atoms with Crippen LogP contribution in [0.25, 0.3) is 0 Å². The third-order valence-corrected chi connectivity index (χ3v) is 2.33. The van der Waals surface area contributed by atoms with Crippen molar-refractivity contribution >= 4 is 23.3 Å². The van der Waals surface area contributed by atoms with Gasteiger partial charge in [0.2, 0.25) is 0 Å². The van der Waals surface area contributed by atoms with Crippen LogP contribution in [0.5, 0.6) is 0 Å². The van der Waals surface area contributed by atoms with Gasteiger partial charge in [-0.15, -0.1) is 11.6 Å². The van der Waals surface area contributed by atoms with E-state index in [-0.39, 0.29) is 18.7 Å². The summed E-state index contributed by atoms with van der Waals surface area (Å²) in [5, 5.41) is 1.71. The molecule has 1 amide bonds. The molecule has 0 aliphatic carbocycles. The standard InChI is InChI=1S/C9H12ClF4NO2/c1-2-5(3-6(16)4-10)15-8(17)9(13,14)7(11)12/h5,7H,2-4H2,1H3,(H,15,17). The molecule has 100 valence electrons. The lowest BCUT2D eigenvalue weighted by Gasteiger charge is -2.20. The molecule has 0 aliphatic rings. The summed E-state index contributed by atoms with van der Waals surface area (Å²) in [7, 11) is 0. The Kier molecular flexibility index (Phi) is 6.44. The number of carbonyl (C=O) groups excluding carboxylic acids is 2. The first-order valence-electron chi connectivity index (χ1n) is 4.80. The number of hydrogen-bond acceptors (Lipinski definition) is 2. The third kappa shape index (κ3) is 4.89. The van der Waals surface area contributed by atoms with Crippen molar-refractivity contribution in [2.45, 2.75) is 38.2 Å². The molecule has 0 spiro atoms. The minimum Gasteiger partial charge on any atom is -0.348 e. The van der Waals surface area contributed by atoms with E-state index in [1.807, 2.05) is 0 Å². The van der Waals surface area contributed by atoms with Crippen LogP contribution in [0, 0.1) is 0 Å². The van der Waals surface area contributed by atoms with Crippen LogP contribution in [0.3, 0.4) is 0 Å². The molecule has 0 rings (SSSR count). The lowest BCUT2D eigenvalue weighted by Crippen LogP contribution is -2.49. The molecule has 8 heteroatoms. The molecule has 1 unspecified atom stereocenters. The van der Waals surface area contributed by atoms with Gasteiger partial charge in [-0.05, 0) is 6.42 Å². The number of amides is 1. The summed E-state index contributed by atoms with van der Waals surface area (Å²) in [6, 6.07) is -0.918. The molecule has 1 N–H and O–H groups in total. The van der Waals surface area contributed by atoms with Gasteiger partial charge in [0.05, 0.1) is 5.88 Å². The summed E-state index contributed by atoms with van der Waals surface area (Å²) in [6.07, 6.45) is -4.18. The smallest absolute Gasteiger partial charge is 0.348 e. The maximum absolute atomic E-state index is 12.6. The molecule has 0 saturated heterocycles. The Labute approximate surface area is 100 Å². The molecule has 1 atom stereocenters. The van der Waals surface area contributed by atoms with Crippen LogP contribution >= 0.6 is 11.6 Å². The normalized spacial score (nSPS) is 13.6. The van der Waals surface area contributed by atoms with Crippen LogP contribution in [0.2, 0.25) is 0 Å². The van der Waals surface area contributed by atoms with Crippen molar-refractivity contribution in [2.75, 3.05) is 5.88 Å². The molecule has 0 fully saturated rings. The molecule has 0 heterocycles. The Bertz CT molecular complexity index is 286. The monoisotopic (exact) mass is 277 g/mol. The third-order valence-electron chi connectivity index (χ3n) is 2.03. The van der Waals surface area contributed by atoms with Crippen LogP contribution in [-0.4, -0.2) is 36.0 Å². The van der Waals surface area contributed by atoms with Gasteiger partial charge in [0.1, 0.15) is 5.78 Å². The highest BCUT2D eigenvalue weighted by molar-refractivity contribution is 6.27. The number of halogens is 5. The van der Waals surface area contributed by atoms with Gasteiger partial charge in [-0.25, -0.2) is 8.78 Å². The molecule has 0 radical (unpaired) electrons. The van der Waals surface area contributed by atoms with Gasteiger partial charge in [0, 0.05) is 12.5 Å². The Hall–Kier alpha value is -0.850. The van der Waals surface area contributed by atoms with Crippen molar-refractivity contribution in [3.63, 3.8) is 0 Å². The van der Waals surface area contributed by atoms with Crippen LogP contribution in [0.4, 0.5) is 17.6 Å². The summed E-state index contributed by atoms with van der Waals surface area (Å²) < 4.78 is 48.9. The van der Waals surface area contributed by atoms with Crippen LogP contribution < -0.4 is 5.32 Å². The predicted octanol–water partition coefficient (Wildman–Crippen LogP) is 1.98. The Morgan fingerprint density at radius 3 is 2.24 bits per heavy atom. The van der Waals surface area contributed by atoms with E-state index in [1.165, 1.54) is 6.92 Å². The van der Waals surface area contributed by atoms with E-state index in [0.717, 1.165) is 0 Å². The fourth-order valence-corrected chi connectivity index (χ4v) is 1.12. The highest BCUT2D eigenvalue weighted by Crippen LogP contribution is 2.23. The Morgan fingerprint density at radius 1 is 1.35 bits per heavy atom. The minimum absolute atomic E-state index is 0.160. The second-order valence-electron chi connectivity index (χ2n) is 3.38. The van der Waals surface area contributed by atoms with Gasteiger partial charge in [0.25, 0.3) is 5.91 Å². The van der Waals surface area contributed by atoms with Crippen molar-refractivity contribution in [1.29, 1.82) is 0 Å². The van der Waals surface area contributed by atoms with E-state index in [9.17, 15) is 27.2 Å². The van der Waals surface area contributed by atoms with Gasteiger partial charge >= 0.3 is 12.3 Å². The minimum atomic E-state index is -4.75. The zero-order valence-electron chi connectivity index (χ0n) is 8.98. The van der Waals surface area contributed by atoms with Crippen LogP contribution in [0.1, 0.15) is 19.8 Å². The van der Waals surface area contributed by atoms with Gasteiger partial charge in [0.15, 0.2) is 0 Å². The number of nitrogens with one attached hydrogen (secondary N) is 1. The van der Waals surface area contributed by atoms with Gasteiger partial charge in [-0.2, -0.15) is 8.78 Å². The van der Waals surface area contributed by atoms with E-state index in [4.69, 9.17) is 11.6 Å².